The number of allylic oxidation sites excluding steroid dienone is 1. The van der Waals surface area contributed by atoms with Gasteiger partial charge in [0.25, 0.3) is 0 Å². The van der Waals surface area contributed by atoms with Crippen molar-refractivity contribution < 1.29 is 4.74 Å². The molecule has 0 saturated heterocycles. The van der Waals surface area contributed by atoms with Crippen LogP contribution in [0.5, 0.6) is 0 Å². The van der Waals surface area contributed by atoms with Crippen LogP contribution in [-0.4, -0.2) is 22.7 Å². The molecule has 0 N–H and O–H groups in total. The summed E-state index contributed by atoms with van der Waals surface area (Å²) in [6.07, 6.45) is 2.25. The molecule has 1 aliphatic heterocycles. The van der Waals surface area contributed by atoms with Crippen molar-refractivity contribution in [3.05, 3.63) is 9.78 Å². The van der Waals surface area contributed by atoms with Crippen LogP contribution < -0.4 is 0 Å². The average Bonchev–Trinajstić information content (AvgIpc) is 2.16. The van der Waals surface area contributed by atoms with E-state index in [-0.39, 0.29) is 0 Å². The third-order valence-electron chi connectivity index (χ3n) is 1.72. The van der Waals surface area contributed by atoms with E-state index in [9.17, 15) is 0 Å². The summed E-state index contributed by atoms with van der Waals surface area (Å²) in [5.41, 5.74) is 1.22. The summed E-state index contributed by atoms with van der Waals surface area (Å²) in [4.78, 5) is 0. The Kier molecular flexibility index (Phi) is 5.54. The second-order valence-corrected chi connectivity index (χ2v) is 8.11. The van der Waals surface area contributed by atoms with E-state index in [1.807, 2.05) is 0 Å². The van der Waals surface area contributed by atoms with Crippen molar-refractivity contribution in [3.63, 3.8) is 0 Å². The number of alkyl halides is 2. The second-order valence-electron chi connectivity index (χ2n) is 2.89. The molecule has 76 valence electrons. The Bertz CT molecular complexity index is 204. The van der Waals surface area contributed by atoms with Crippen LogP contribution in [0.3, 0.4) is 0 Å². The fourth-order valence-electron chi connectivity index (χ4n) is 1.07. The molecule has 1 rings (SSSR count). The number of ether oxygens (including phenoxy) is 1. The Morgan fingerprint density at radius 2 is 2.46 bits per heavy atom. The first kappa shape index (κ1) is 11.1. The van der Waals surface area contributed by atoms with Gasteiger partial charge in [0.05, 0.1) is 0 Å². The molecular formula is C9H17IN2O. The SMILES string of the molecule is CCCC1=CI(CCOC)CN=N1. The maximum absolute atomic E-state index is 5.08. The standard InChI is InChI=1S/C9H17IN2O/c1-3-4-9-7-10(5-6-13-2)8-11-12-9/h7H,3-6,8H2,1-2H3. The van der Waals surface area contributed by atoms with Gasteiger partial charge in [-0.1, -0.05) is 0 Å². The molecule has 0 fully saturated rings. The van der Waals surface area contributed by atoms with Gasteiger partial charge in [-0.15, -0.1) is 0 Å². The Balaban J connectivity index is 2.37. The molecule has 0 bridgehead atoms. The first-order chi connectivity index (χ1) is 6.36. The second kappa shape index (κ2) is 6.48. The van der Waals surface area contributed by atoms with Gasteiger partial charge in [-0.2, -0.15) is 0 Å². The van der Waals surface area contributed by atoms with Gasteiger partial charge in [-0.05, 0) is 0 Å². The van der Waals surface area contributed by atoms with Gasteiger partial charge in [-0.25, -0.2) is 0 Å². The van der Waals surface area contributed by atoms with Crippen molar-refractivity contribution in [2.75, 3.05) is 22.7 Å². The topological polar surface area (TPSA) is 34.0 Å². The summed E-state index contributed by atoms with van der Waals surface area (Å²) >= 11 is -0.950. The summed E-state index contributed by atoms with van der Waals surface area (Å²) < 4.78 is 9.68. The molecule has 0 spiro atoms. The summed E-state index contributed by atoms with van der Waals surface area (Å²) in [6.45, 7) is 3.06. The number of hydrogen-bond acceptors (Lipinski definition) is 3. The molecule has 3 nitrogen and oxygen atoms in total. The number of hydrogen-bond donors (Lipinski definition) is 0. The van der Waals surface area contributed by atoms with Crippen LogP contribution in [0.2, 0.25) is 0 Å². The Morgan fingerprint density at radius 1 is 1.62 bits per heavy atom. The zero-order valence-electron chi connectivity index (χ0n) is 8.29. The van der Waals surface area contributed by atoms with Crippen LogP contribution in [-0.2, 0) is 4.74 Å². The number of azo groups is 1. The molecule has 0 amide bonds. The van der Waals surface area contributed by atoms with E-state index in [2.05, 4.69) is 21.2 Å². The quantitative estimate of drug-likeness (QED) is 0.436. The van der Waals surface area contributed by atoms with Crippen molar-refractivity contribution in [1.82, 2.24) is 0 Å². The van der Waals surface area contributed by atoms with Crippen LogP contribution in [0.1, 0.15) is 19.8 Å². The van der Waals surface area contributed by atoms with Crippen molar-refractivity contribution in [2.45, 2.75) is 19.8 Å². The number of nitrogens with zero attached hydrogens (tertiary/aromatic N) is 2. The van der Waals surface area contributed by atoms with Gasteiger partial charge in [0.15, 0.2) is 0 Å². The normalized spacial score (nSPS) is 18.9. The molecule has 0 aromatic heterocycles. The predicted octanol–water partition coefficient (Wildman–Crippen LogP) is 3.20. The average molecular weight is 296 g/mol. The van der Waals surface area contributed by atoms with Crippen molar-refractivity contribution in [1.29, 1.82) is 0 Å². The zero-order chi connectivity index (χ0) is 9.52. The Hall–Kier alpha value is 0.0300. The van der Waals surface area contributed by atoms with Gasteiger partial charge in [0.1, 0.15) is 0 Å². The third-order valence-corrected chi connectivity index (χ3v) is 6.32. The fourth-order valence-corrected chi connectivity index (χ4v) is 4.92. The van der Waals surface area contributed by atoms with E-state index in [0.717, 1.165) is 17.6 Å². The van der Waals surface area contributed by atoms with E-state index in [1.54, 1.807) is 7.11 Å². The minimum atomic E-state index is -0.950. The van der Waals surface area contributed by atoms with Gasteiger partial charge >= 0.3 is 87.0 Å². The number of rotatable bonds is 5. The van der Waals surface area contributed by atoms with Gasteiger partial charge in [0, 0.05) is 0 Å². The molecular weight excluding hydrogens is 279 g/mol. The molecule has 0 aliphatic carbocycles. The summed E-state index contributed by atoms with van der Waals surface area (Å²) in [5.74, 6) is 0. The van der Waals surface area contributed by atoms with E-state index >= 15 is 0 Å². The molecule has 0 aromatic carbocycles. The van der Waals surface area contributed by atoms with E-state index in [1.165, 1.54) is 16.5 Å². The number of halogens is 1. The van der Waals surface area contributed by atoms with Crippen molar-refractivity contribution in [3.8, 4) is 0 Å². The van der Waals surface area contributed by atoms with Crippen molar-refractivity contribution in [2.24, 2.45) is 10.2 Å². The third kappa shape index (κ3) is 4.17. The van der Waals surface area contributed by atoms with Crippen LogP contribution in [0.4, 0.5) is 0 Å². The van der Waals surface area contributed by atoms with E-state index in [0.29, 0.717) is 0 Å². The van der Waals surface area contributed by atoms with Gasteiger partial charge in [0.2, 0.25) is 0 Å². The molecule has 0 aromatic rings. The Morgan fingerprint density at radius 3 is 3.15 bits per heavy atom. The molecule has 1 heterocycles. The molecule has 0 unspecified atom stereocenters. The van der Waals surface area contributed by atoms with Crippen molar-refractivity contribution >= 4 is 19.8 Å². The zero-order valence-corrected chi connectivity index (χ0v) is 10.5. The molecule has 1 aliphatic rings. The van der Waals surface area contributed by atoms with Gasteiger partial charge in [-0.3, -0.25) is 0 Å². The summed E-state index contributed by atoms with van der Waals surface area (Å²) in [7, 11) is 1.76. The van der Waals surface area contributed by atoms with Gasteiger partial charge < -0.3 is 0 Å². The monoisotopic (exact) mass is 296 g/mol. The fraction of sp³-hybridized carbons (Fsp3) is 0.778. The van der Waals surface area contributed by atoms with E-state index < -0.39 is 19.8 Å². The first-order valence-corrected chi connectivity index (χ1v) is 8.84. The molecule has 0 saturated carbocycles. The molecule has 4 heteroatoms. The molecule has 13 heavy (non-hydrogen) atoms. The van der Waals surface area contributed by atoms with Crippen LogP contribution in [0.25, 0.3) is 0 Å². The summed E-state index contributed by atoms with van der Waals surface area (Å²) in [5, 5.41) is 8.34. The van der Waals surface area contributed by atoms with Crippen LogP contribution in [0, 0.1) is 0 Å². The molecule has 0 atom stereocenters. The summed E-state index contributed by atoms with van der Waals surface area (Å²) in [6, 6.07) is 0. The van der Waals surface area contributed by atoms with Crippen LogP contribution >= 0.6 is 19.8 Å². The minimum absolute atomic E-state index is 0.885. The maximum atomic E-state index is 5.08. The first-order valence-electron chi connectivity index (χ1n) is 4.54. The van der Waals surface area contributed by atoms with E-state index in [4.69, 9.17) is 4.74 Å². The predicted molar refractivity (Wildman–Crippen MR) is 63.5 cm³/mol. The Labute approximate surface area is 87.0 Å². The molecule has 0 radical (unpaired) electrons. The van der Waals surface area contributed by atoms with Crippen LogP contribution in [0.15, 0.2) is 20.0 Å². The number of methoxy groups -OCH3 is 1.